The third-order valence-corrected chi connectivity index (χ3v) is 4.08. The molecule has 0 atom stereocenters. The maximum absolute atomic E-state index is 5.71. The molecule has 1 aromatic rings. The monoisotopic (exact) mass is 343 g/mol. The molecule has 1 aliphatic rings. The van der Waals surface area contributed by atoms with Crippen molar-refractivity contribution < 1.29 is 9.47 Å². The van der Waals surface area contributed by atoms with Gasteiger partial charge in [-0.15, -0.1) is 12.4 Å². The van der Waals surface area contributed by atoms with Crippen molar-refractivity contribution in [2.75, 3.05) is 39.5 Å². The first-order chi connectivity index (χ1) is 9.97. The van der Waals surface area contributed by atoms with E-state index in [0.717, 1.165) is 38.4 Å². The second-order valence-electron chi connectivity index (χ2n) is 6.42. The highest BCUT2D eigenvalue weighted by Gasteiger charge is 2.14. The fourth-order valence-electron chi connectivity index (χ4n) is 2.28. The highest BCUT2D eigenvalue weighted by Crippen LogP contribution is 2.22. The molecular formula is C17H26ClNO2S. The molecule has 1 aliphatic heterocycles. The second kappa shape index (κ2) is 8.82. The topological polar surface area (TPSA) is 21.7 Å². The molecule has 0 spiro atoms. The zero-order valence-corrected chi connectivity index (χ0v) is 15.3. The molecule has 1 heterocycles. The number of halogens is 1. The molecule has 124 valence electrons. The van der Waals surface area contributed by atoms with Crippen molar-refractivity contribution in [3.63, 3.8) is 0 Å². The quantitative estimate of drug-likeness (QED) is 0.781. The number of nitrogens with zero attached hydrogens (tertiary/aromatic N) is 1. The molecule has 1 aromatic carbocycles. The molecule has 1 fully saturated rings. The normalized spacial score (nSPS) is 16.0. The van der Waals surface area contributed by atoms with Crippen molar-refractivity contribution in [3.8, 4) is 0 Å². The summed E-state index contributed by atoms with van der Waals surface area (Å²) in [7, 11) is 0. The highest BCUT2D eigenvalue weighted by atomic mass is 35.5. The molecule has 5 heteroatoms. The third-order valence-electron chi connectivity index (χ3n) is 3.73. The van der Waals surface area contributed by atoms with E-state index in [2.05, 4.69) is 49.9 Å². The maximum atomic E-state index is 5.71. The SMILES string of the molecule is CC(C)(C)c1ccc(C(=S)OCCN2CCOCC2)cc1.Cl. The van der Waals surface area contributed by atoms with Crippen molar-refractivity contribution in [2.45, 2.75) is 26.2 Å². The van der Waals surface area contributed by atoms with E-state index >= 15 is 0 Å². The lowest BCUT2D eigenvalue weighted by Crippen LogP contribution is -2.38. The Morgan fingerprint density at radius 2 is 1.77 bits per heavy atom. The van der Waals surface area contributed by atoms with Crippen LogP contribution >= 0.6 is 24.6 Å². The van der Waals surface area contributed by atoms with Gasteiger partial charge in [-0.25, -0.2) is 0 Å². The average Bonchev–Trinajstić information content (AvgIpc) is 2.47. The lowest BCUT2D eigenvalue weighted by Gasteiger charge is -2.26. The van der Waals surface area contributed by atoms with E-state index in [4.69, 9.17) is 21.7 Å². The van der Waals surface area contributed by atoms with Crippen LogP contribution in [0.25, 0.3) is 0 Å². The van der Waals surface area contributed by atoms with Crippen LogP contribution < -0.4 is 0 Å². The van der Waals surface area contributed by atoms with E-state index in [1.165, 1.54) is 5.56 Å². The summed E-state index contributed by atoms with van der Waals surface area (Å²) < 4.78 is 11.0. The van der Waals surface area contributed by atoms with E-state index in [9.17, 15) is 0 Å². The Morgan fingerprint density at radius 3 is 2.32 bits per heavy atom. The summed E-state index contributed by atoms with van der Waals surface area (Å²) in [5.41, 5.74) is 2.46. The van der Waals surface area contributed by atoms with Gasteiger partial charge in [0.1, 0.15) is 6.61 Å². The van der Waals surface area contributed by atoms with E-state index in [1.54, 1.807) is 0 Å². The highest BCUT2D eigenvalue weighted by molar-refractivity contribution is 7.80. The van der Waals surface area contributed by atoms with E-state index in [-0.39, 0.29) is 17.8 Å². The zero-order valence-electron chi connectivity index (χ0n) is 13.6. The van der Waals surface area contributed by atoms with Gasteiger partial charge >= 0.3 is 0 Å². The molecule has 2 rings (SSSR count). The smallest absolute Gasteiger partial charge is 0.191 e. The molecule has 0 amide bonds. The molecule has 22 heavy (non-hydrogen) atoms. The van der Waals surface area contributed by atoms with Crippen LogP contribution in [-0.4, -0.2) is 49.4 Å². The van der Waals surface area contributed by atoms with Gasteiger partial charge in [-0.2, -0.15) is 0 Å². The second-order valence-corrected chi connectivity index (χ2v) is 6.79. The minimum Gasteiger partial charge on any atom is -0.482 e. The van der Waals surface area contributed by atoms with Gasteiger partial charge in [0.05, 0.1) is 13.2 Å². The van der Waals surface area contributed by atoms with Crippen LogP contribution in [0.1, 0.15) is 31.9 Å². The summed E-state index contributed by atoms with van der Waals surface area (Å²) in [4.78, 5) is 2.34. The Balaban J connectivity index is 0.00000242. The minimum atomic E-state index is 0. The standard InChI is InChI=1S/C17H25NO2S.ClH/c1-17(2,3)15-6-4-14(5-7-15)16(21)20-13-10-18-8-11-19-12-9-18;/h4-7H,8-13H2,1-3H3;1H. The fourth-order valence-corrected chi connectivity index (χ4v) is 2.50. The first-order valence-corrected chi connectivity index (χ1v) is 7.95. The summed E-state index contributed by atoms with van der Waals surface area (Å²) in [6, 6.07) is 8.37. The number of rotatable bonds is 4. The van der Waals surface area contributed by atoms with Crippen LogP contribution in [0.3, 0.4) is 0 Å². The summed E-state index contributed by atoms with van der Waals surface area (Å²) in [6.07, 6.45) is 0. The number of ether oxygens (including phenoxy) is 2. The Hall–Kier alpha value is -0.680. The predicted octanol–water partition coefficient (Wildman–Crippen LogP) is 3.43. The van der Waals surface area contributed by atoms with Crippen LogP contribution in [0.4, 0.5) is 0 Å². The van der Waals surface area contributed by atoms with Gasteiger partial charge in [0.15, 0.2) is 5.05 Å². The van der Waals surface area contributed by atoms with E-state index in [0.29, 0.717) is 11.7 Å². The first kappa shape index (κ1) is 19.4. The zero-order chi connectivity index (χ0) is 15.3. The summed E-state index contributed by atoms with van der Waals surface area (Å²) in [5.74, 6) is 0. The molecule has 0 saturated carbocycles. The Morgan fingerprint density at radius 1 is 1.18 bits per heavy atom. The van der Waals surface area contributed by atoms with Gasteiger partial charge in [-0.3, -0.25) is 4.90 Å². The first-order valence-electron chi connectivity index (χ1n) is 7.54. The molecule has 0 N–H and O–H groups in total. The number of hydrogen-bond acceptors (Lipinski definition) is 4. The van der Waals surface area contributed by atoms with Crippen molar-refractivity contribution in [1.29, 1.82) is 0 Å². The van der Waals surface area contributed by atoms with E-state index < -0.39 is 0 Å². The molecule has 0 aliphatic carbocycles. The molecule has 0 radical (unpaired) electrons. The van der Waals surface area contributed by atoms with Gasteiger partial charge < -0.3 is 9.47 Å². The van der Waals surface area contributed by atoms with Crippen molar-refractivity contribution in [3.05, 3.63) is 35.4 Å². The van der Waals surface area contributed by atoms with Crippen LogP contribution in [0.2, 0.25) is 0 Å². The molecule has 0 unspecified atom stereocenters. The fraction of sp³-hybridized carbons (Fsp3) is 0.588. The Kier molecular flexibility index (Phi) is 7.77. The summed E-state index contributed by atoms with van der Waals surface area (Å²) in [6.45, 7) is 11.8. The summed E-state index contributed by atoms with van der Waals surface area (Å²) in [5, 5.41) is 0.587. The van der Waals surface area contributed by atoms with Crippen molar-refractivity contribution >= 4 is 29.7 Å². The molecule has 3 nitrogen and oxygen atoms in total. The van der Waals surface area contributed by atoms with Crippen LogP contribution in [0.15, 0.2) is 24.3 Å². The van der Waals surface area contributed by atoms with Gasteiger partial charge in [-0.1, -0.05) is 45.0 Å². The lowest BCUT2D eigenvalue weighted by atomic mass is 9.87. The molecular weight excluding hydrogens is 318 g/mol. The number of thiocarbonyl (C=S) groups is 1. The Bertz CT molecular complexity index is 465. The largest absolute Gasteiger partial charge is 0.482 e. The number of benzene rings is 1. The lowest BCUT2D eigenvalue weighted by molar-refractivity contribution is 0.0318. The summed E-state index contributed by atoms with van der Waals surface area (Å²) >= 11 is 5.36. The minimum absolute atomic E-state index is 0. The third kappa shape index (κ3) is 5.84. The molecule has 0 aromatic heterocycles. The van der Waals surface area contributed by atoms with Gasteiger partial charge in [-0.05, 0) is 23.2 Å². The van der Waals surface area contributed by atoms with Crippen LogP contribution in [0.5, 0.6) is 0 Å². The molecule has 0 bridgehead atoms. The van der Waals surface area contributed by atoms with Gasteiger partial charge in [0.2, 0.25) is 0 Å². The number of hydrogen-bond donors (Lipinski definition) is 0. The van der Waals surface area contributed by atoms with Crippen molar-refractivity contribution in [2.24, 2.45) is 0 Å². The van der Waals surface area contributed by atoms with Gasteiger partial charge in [0.25, 0.3) is 0 Å². The Labute approximate surface area is 145 Å². The molecule has 1 saturated heterocycles. The maximum Gasteiger partial charge on any atom is 0.191 e. The predicted molar refractivity (Wildman–Crippen MR) is 97.3 cm³/mol. The van der Waals surface area contributed by atoms with Crippen LogP contribution in [0, 0.1) is 0 Å². The number of morpholine rings is 1. The van der Waals surface area contributed by atoms with E-state index in [1.807, 2.05) is 0 Å². The van der Waals surface area contributed by atoms with Gasteiger partial charge in [0, 0.05) is 25.2 Å². The van der Waals surface area contributed by atoms with Crippen molar-refractivity contribution in [1.82, 2.24) is 4.90 Å². The van der Waals surface area contributed by atoms with Crippen LogP contribution in [-0.2, 0) is 14.9 Å². The average molecular weight is 344 g/mol.